The van der Waals surface area contributed by atoms with Gasteiger partial charge in [-0.15, -0.1) is 0 Å². The van der Waals surface area contributed by atoms with Gasteiger partial charge in [-0.05, 0) is 47.9 Å². The van der Waals surface area contributed by atoms with Crippen LogP contribution in [0.25, 0.3) is 0 Å². The van der Waals surface area contributed by atoms with Gasteiger partial charge in [0, 0.05) is 25.2 Å². The highest BCUT2D eigenvalue weighted by atomic mass is 32.2. The van der Waals surface area contributed by atoms with Gasteiger partial charge in [0.25, 0.3) is 0 Å². The summed E-state index contributed by atoms with van der Waals surface area (Å²) in [5.74, 6) is -0.333. The number of sulfonamides is 1. The number of hydrogen-bond acceptors (Lipinski definition) is 3. The van der Waals surface area contributed by atoms with Crippen LogP contribution in [-0.2, 0) is 27.8 Å². The zero-order chi connectivity index (χ0) is 18.0. The van der Waals surface area contributed by atoms with Crippen molar-refractivity contribution >= 4 is 21.6 Å². The molecule has 1 heterocycles. The molecule has 1 N–H and O–H groups in total. The Morgan fingerprint density at radius 3 is 2.60 bits per heavy atom. The van der Waals surface area contributed by atoms with E-state index in [1.807, 2.05) is 0 Å². The number of hydrogen-bond donors (Lipinski definition) is 1. The minimum atomic E-state index is -3.68. The van der Waals surface area contributed by atoms with Crippen molar-refractivity contribution < 1.29 is 17.6 Å². The van der Waals surface area contributed by atoms with Gasteiger partial charge >= 0.3 is 0 Å². The van der Waals surface area contributed by atoms with Gasteiger partial charge in [0.15, 0.2) is 0 Å². The van der Waals surface area contributed by atoms with Crippen LogP contribution < -0.4 is 9.62 Å². The van der Waals surface area contributed by atoms with Crippen LogP contribution in [0.15, 0.2) is 47.4 Å². The molecule has 0 unspecified atom stereocenters. The van der Waals surface area contributed by atoms with Gasteiger partial charge in [0.2, 0.25) is 15.9 Å². The lowest BCUT2D eigenvalue weighted by atomic mass is 10.2. The second kappa shape index (κ2) is 6.93. The maximum absolute atomic E-state index is 12.9. The first kappa shape index (κ1) is 17.6. The van der Waals surface area contributed by atoms with Crippen molar-refractivity contribution in [3.63, 3.8) is 0 Å². The minimum absolute atomic E-state index is 0.0313. The molecule has 0 radical (unpaired) electrons. The molecule has 0 aromatic heterocycles. The van der Waals surface area contributed by atoms with E-state index < -0.39 is 10.0 Å². The molecule has 0 spiro atoms. The first-order chi connectivity index (χ1) is 11.9. The Bertz CT molecular complexity index is 895. The van der Waals surface area contributed by atoms with Crippen molar-refractivity contribution in [2.24, 2.45) is 0 Å². The largest absolute Gasteiger partial charge is 0.312 e. The predicted molar refractivity (Wildman–Crippen MR) is 93.2 cm³/mol. The Labute approximate surface area is 146 Å². The third-order valence-corrected chi connectivity index (χ3v) is 5.64. The van der Waals surface area contributed by atoms with Gasteiger partial charge in [0.05, 0.1) is 4.90 Å². The summed E-state index contributed by atoms with van der Waals surface area (Å²) in [4.78, 5) is 13.8. The van der Waals surface area contributed by atoms with Crippen LogP contribution in [0.1, 0.15) is 24.5 Å². The second-order valence-corrected chi connectivity index (χ2v) is 7.66. The number of carbonyl (C=O) groups is 1. The third kappa shape index (κ3) is 3.72. The van der Waals surface area contributed by atoms with E-state index >= 15 is 0 Å². The van der Waals surface area contributed by atoms with E-state index in [0.717, 1.165) is 11.3 Å². The van der Waals surface area contributed by atoms with Crippen molar-refractivity contribution in [3.05, 3.63) is 59.4 Å². The van der Waals surface area contributed by atoms with Gasteiger partial charge in [-0.1, -0.05) is 19.1 Å². The smallest absolute Gasteiger partial charge is 0.240 e. The third-order valence-electron chi connectivity index (χ3n) is 4.24. The fourth-order valence-corrected chi connectivity index (χ4v) is 3.93. The van der Waals surface area contributed by atoms with Gasteiger partial charge in [-0.25, -0.2) is 17.5 Å². The molecule has 1 aliphatic rings. The summed E-state index contributed by atoms with van der Waals surface area (Å²) in [5.41, 5.74) is 2.31. The molecule has 0 saturated heterocycles. The lowest BCUT2D eigenvalue weighted by Gasteiger charge is -2.16. The Morgan fingerprint density at radius 2 is 1.92 bits per heavy atom. The number of nitrogens with zero attached hydrogens (tertiary/aromatic N) is 1. The topological polar surface area (TPSA) is 66.5 Å². The van der Waals surface area contributed by atoms with Gasteiger partial charge < -0.3 is 4.90 Å². The quantitative estimate of drug-likeness (QED) is 0.889. The zero-order valence-corrected chi connectivity index (χ0v) is 14.6. The van der Waals surface area contributed by atoms with Crippen molar-refractivity contribution in [2.75, 3.05) is 11.4 Å². The highest BCUT2D eigenvalue weighted by Gasteiger charge is 2.25. The van der Waals surface area contributed by atoms with Crippen molar-refractivity contribution in [1.82, 2.24) is 4.72 Å². The molecular weight excluding hydrogens is 343 g/mol. The maximum atomic E-state index is 12.9. The average Bonchev–Trinajstić information content (AvgIpc) is 3.04. The van der Waals surface area contributed by atoms with E-state index in [0.29, 0.717) is 24.9 Å². The number of halogens is 1. The summed E-state index contributed by atoms with van der Waals surface area (Å²) in [6, 6.07) is 10.5. The Balaban J connectivity index is 1.77. The standard InChI is InChI=1S/C18H19FN2O3S/c1-2-18(22)21-10-9-14-11-16(7-8-17(14)21)25(23,24)20-12-13-3-5-15(19)6-4-13/h3-8,11,20H,2,9-10,12H2,1H3. The molecule has 0 aliphatic carbocycles. The van der Waals surface area contributed by atoms with E-state index in [9.17, 15) is 17.6 Å². The van der Waals surface area contributed by atoms with Crippen LogP contribution in [0, 0.1) is 5.82 Å². The monoisotopic (exact) mass is 362 g/mol. The van der Waals surface area contributed by atoms with Crippen LogP contribution >= 0.6 is 0 Å². The molecule has 132 valence electrons. The van der Waals surface area contributed by atoms with Crippen LogP contribution in [0.2, 0.25) is 0 Å². The number of amides is 1. The second-order valence-electron chi connectivity index (χ2n) is 5.89. The van der Waals surface area contributed by atoms with Crippen molar-refractivity contribution in [3.8, 4) is 0 Å². The van der Waals surface area contributed by atoms with E-state index in [1.54, 1.807) is 24.0 Å². The van der Waals surface area contributed by atoms with Crippen LogP contribution in [-0.4, -0.2) is 20.9 Å². The molecule has 0 bridgehead atoms. The number of carbonyl (C=O) groups excluding carboxylic acids is 1. The molecule has 0 fully saturated rings. The predicted octanol–water partition coefficient (Wildman–Crippen LogP) is 2.60. The molecule has 25 heavy (non-hydrogen) atoms. The molecule has 0 atom stereocenters. The highest BCUT2D eigenvalue weighted by Crippen LogP contribution is 2.30. The van der Waals surface area contributed by atoms with Crippen LogP contribution in [0.3, 0.4) is 0 Å². The molecule has 0 saturated carbocycles. The zero-order valence-electron chi connectivity index (χ0n) is 13.8. The van der Waals surface area contributed by atoms with E-state index in [1.165, 1.54) is 30.3 Å². The number of nitrogens with one attached hydrogen (secondary N) is 1. The lowest BCUT2D eigenvalue weighted by molar-refractivity contribution is -0.118. The number of anilines is 1. The molecule has 7 heteroatoms. The lowest BCUT2D eigenvalue weighted by Crippen LogP contribution is -2.27. The summed E-state index contributed by atoms with van der Waals surface area (Å²) in [5, 5.41) is 0. The van der Waals surface area contributed by atoms with Gasteiger partial charge in [-0.2, -0.15) is 0 Å². The fraction of sp³-hybridized carbons (Fsp3) is 0.278. The Morgan fingerprint density at radius 1 is 1.20 bits per heavy atom. The molecule has 2 aromatic carbocycles. The summed E-state index contributed by atoms with van der Waals surface area (Å²) in [6.07, 6.45) is 1.06. The van der Waals surface area contributed by atoms with Crippen LogP contribution in [0.5, 0.6) is 0 Å². The number of benzene rings is 2. The molecule has 1 amide bonds. The van der Waals surface area contributed by atoms with E-state index in [-0.39, 0.29) is 23.2 Å². The van der Waals surface area contributed by atoms with Gasteiger partial charge in [0.1, 0.15) is 5.82 Å². The normalized spacial score (nSPS) is 13.8. The van der Waals surface area contributed by atoms with Crippen molar-refractivity contribution in [2.45, 2.75) is 31.2 Å². The van der Waals surface area contributed by atoms with Crippen molar-refractivity contribution in [1.29, 1.82) is 0 Å². The summed E-state index contributed by atoms with van der Waals surface area (Å²) in [6.45, 7) is 2.47. The molecule has 5 nitrogen and oxygen atoms in total. The number of rotatable bonds is 5. The summed E-state index contributed by atoms with van der Waals surface area (Å²) < 4.78 is 40.4. The molecule has 1 aliphatic heterocycles. The molecular formula is C18H19FN2O3S. The SMILES string of the molecule is CCC(=O)N1CCc2cc(S(=O)(=O)NCc3ccc(F)cc3)ccc21. The Hall–Kier alpha value is -2.25. The highest BCUT2D eigenvalue weighted by molar-refractivity contribution is 7.89. The summed E-state index contributed by atoms with van der Waals surface area (Å²) >= 11 is 0. The Kier molecular flexibility index (Phi) is 4.87. The first-order valence-electron chi connectivity index (χ1n) is 8.08. The van der Waals surface area contributed by atoms with Gasteiger partial charge in [-0.3, -0.25) is 4.79 Å². The van der Waals surface area contributed by atoms with E-state index in [4.69, 9.17) is 0 Å². The summed E-state index contributed by atoms with van der Waals surface area (Å²) in [7, 11) is -3.68. The number of fused-ring (bicyclic) bond motifs is 1. The molecule has 3 rings (SSSR count). The average molecular weight is 362 g/mol. The fourth-order valence-electron chi connectivity index (χ4n) is 2.86. The minimum Gasteiger partial charge on any atom is -0.312 e. The van der Waals surface area contributed by atoms with Crippen LogP contribution in [0.4, 0.5) is 10.1 Å². The first-order valence-corrected chi connectivity index (χ1v) is 9.56. The van der Waals surface area contributed by atoms with E-state index in [2.05, 4.69) is 4.72 Å². The maximum Gasteiger partial charge on any atom is 0.240 e. The molecule has 2 aromatic rings.